The molecule has 3 aromatic carbocycles. The summed E-state index contributed by atoms with van der Waals surface area (Å²) in [5.41, 5.74) is 4.83. The Balaban J connectivity index is 1.42. The first-order valence-corrected chi connectivity index (χ1v) is 12.1. The maximum absolute atomic E-state index is 14.3. The van der Waals surface area contributed by atoms with Crippen LogP contribution in [0.15, 0.2) is 78.9 Å². The van der Waals surface area contributed by atoms with Gasteiger partial charge in [-0.25, -0.2) is 4.39 Å². The first kappa shape index (κ1) is 23.3. The van der Waals surface area contributed by atoms with Crippen molar-refractivity contribution in [3.63, 3.8) is 0 Å². The molecule has 0 aromatic heterocycles. The minimum absolute atomic E-state index is 0.0119. The fourth-order valence-electron chi connectivity index (χ4n) is 4.44. The molecular formula is C30H37F. The molecule has 0 N–H and O–H groups in total. The molecule has 164 valence electrons. The molecule has 0 radical (unpaired) electrons. The van der Waals surface area contributed by atoms with Crippen LogP contribution in [0, 0.1) is 5.82 Å². The number of hydrogen-bond acceptors (Lipinski definition) is 0. The average Bonchev–Trinajstić information content (AvgIpc) is 2.81. The van der Waals surface area contributed by atoms with Crippen LogP contribution >= 0.6 is 0 Å². The summed E-state index contributed by atoms with van der Waals surface area (Å²) >= 11 is 0. The van der Waals surface area contributed by atoms with E-state index < -0.39 is 0 Å². The fourth-order valence-corrected chi connectivity index (χ4v) is 4.44. The van der Waals surface area contributed by atoms with Gasteiger partial charge in [-0.2, -0.15) is 0 Å². The molecular weight excluding hydrogens is 379 g/mol. The lowest BCUT2D eigenvalue weighted by Gasteiger charge is -2.18. The van der Waals surface area contributed by atoms with Crippen molar-refractivity contribution in [2.75, 3.05) is 0 Å². The van der Waals surface area contributed by atoms with Crippen molar-refractivity contribution in [2.24, 2.45) is 0 Å². The molecule has 3 rings (SSSR count). The molecule has 0 bridgehead atoms. The van der Waals surface area contributed by atoms with Gasteiger partial charge in [0.15, 0.2) is 0 Å². The van der Waals surface area contributed by atoms with Gasteiger partial charge in [-0.15, -0.1) is 0 Å². The molecule has 0 aliphatic rings. The summed E-state index contributed by atoms with van der Waals surface area (Å²) < 4.78 is 14.3. The normalized spacial score (nSPS) is 11.2. The van der Waals surface area contributed by atoms with E-state index in [0.29, 0.717) is 5.92 Å². The van der Waals surface area contributed by atoms with Crippen molar-refractivity contribution in [2.45, 2.75) is 77.0 Å². The molecule has 31 heavy (non-hydrogen) atoms. The lowest BCUT2D eigenvalue weighted by atomic mass is 9.87. The Morgan fingerprint density at radius 2 is 1.26 bits per heavy atom. The van der Waals surface area contributed by atoms with E-state index >= 15 is 0 Å². The smallest absolute Gasteiger partial charge is 0.126 e. The van der Waals surface area contributed by atoms with Crippen LogP contribution in [0.5, 0.6) is 0 Å². The van der Waals surface area contributed by atoms with Crippen LogP contribution < -0.4 is 0 Å². The van der Waals surface area contributed by atoms with Crippen molar-refractivity contribution in [3.8, 4) is 0 Å². The van der Waals surface area contributed by atoms with E-state index in [1.54, 1.807) is 6.07 Å². The minimum atomic E-state index is -0.0119. The zero-order chi connectivity index (χ0) is 21.7. The molecule has 0 aliphatic heterocycles. The summed E-state index contributed by atoms with van der Waals surface area (Å²) in [5.74, 6) is 0.457. The summed E-state index contributed by atoms with van der Waals surface area (Å²) in [4.78, 5) is 0. The second-order valence-corrected chi connectivity index (χ2v) is 8.71. The third-order valence-electron chi connectivity index (χ3n) is 6.28. The van der Waals surface area contributed by atoms with E-state index in [4.69, 9.17) is 0 Å². The highest BCUT2D eigenvalue weighted by Crippen LogP contribution is 2.30. The third-order valence-corrected chi connectivity index (χ3v) is 6.28. The highest BCUT2D eigenvalue weighted by molar-refractivity contribution is 5.32. The van der Waals surface area contributed by atoms with Gasteiger partial charge in [-0.05, 0) is 60.4 Å². The Bertz CT molecular complexity index is 830. The van der Waals surface area contributed by atoms with Gasteiger partial charge in [0.1, 0.15) is 5.82 Å². The fraction of sp³-hybridized carbons (Fsp3) is 0.400. The van der Waals surface area contributed by atoms with Crippen LogP contribution in [-0.2, 0) is 12.8 Å². The molecule has 1 heteroatoms. The molecule has 0 nitrogen and oxygen atoms in total. The van der Waals surface area contributed by atoms with E-state index in [-0.39, 0.29) is 5.82 Å². The van der Waals surface area contributed by atoms with Gasteiger partial charge < -0.3 is 0 Å². The minimum Gasteiger partial charge on any atom is -0.207 e. The van der Waals surface area contributed by atoms with Crippen LogP contribution in [0.3, 0.4) is 0 Å². The highest BCUT2D eigenvalue weighted by Gasteiger charge is 2.13. The second-order valence-electron chi connectivity index (χ2n) is 8.71. The topological polar surface area (TPSA) is 0 Å². The SMILES string of the molecule is CCCCCc1ccc(CCCCCCC(c2ccccc2)c2ccccc2)cc1F. The molecule has 0 spiro atoms. The van der Waals surface area contributed by atoms with E-state index in [9.17, 15) is 4.39 Å². The lowest BCUT2D eigenvalue weighted by molar-refractivity contribution is 0.579. The number of hydrogen-bond donors (Lipinski definition) is 0. The maximum atomic E-state index is 14.3. The number of benzene rings is 3. The van der Waals surface area contributed by atoms with Gasteiger partial charge >= 0.3 is 0 Å². The second kappa shape index (κ2) is 13.1. The van der Waals surface area contributed by atoms with E-state index in [1.165, 1.54) is 49.7 Å². The third kappa shape index (κ3) is 7.65. The lowest BCUT2D eigenvalue weighted by Crippen LogP contribution is -2.01. The van der Waals surface area contributed by atoms with Gasteiger partial charge in [-0.1, -0.05) is 112 Å². The molecule has 0 saturated heterocycles. The summed E-state index contributed by atoms with van der Waals surface area (Å²) in [5, 5.41) is 0. The van der Waals surface area contributed by atoms with Crippen molar-refractivity contribution in [3.05, 3.63) is 107 Å². The maximum Gasteiger partial charge on any atom is 0.126 e. The Morgan fingerprint density at radius 1 is 0.645 bits per heavy atom. The number of rotatable bonds is 13. The Hall–Kier alpha value is -2.41. The van der Waals surface area contributed by atoms with E-state index in [1.807, 2.05) is 6.07 Å². The zero-order valence-corrected chi connectivity index (χ0v) is 19.0. The van der Waals surface area contributed by atoms with E-state index in [0.717, 1.165) is 36.8 Å². The van der Waals surface area contributed by atoms with Crippen molar-refractivity contribution in [1.29, 1.82) is 0 Å². The first-order valence-electron chi connectivity index (χ1n) is 12.1. The average molecular weight is 417 g/mol. The van der Waals surface area contributed by atoms with Gasteiger partial charge in [0.05, 0.1) is 0 Å². The Kier molecular flexibility index (Phi) is 9.83. The largest absolute Gasteiger partial charge is 0.207 e. The molecule has 3 aromatic rings. The van der Waals surface area contributed by atoms with Crippen molar-refractivity contribution >= 4 is 0 Å². The van der Waals surface area contributed by atoms with Crippen LogP contribution in [0.25, 0.3) is 0 Å². The van der Waals surface area contributed by atoms with Gasteiger partial charge in [0.25, 0.3) is 0 Å². The molecule has 0 fully saturated rings. The van der Waals surface area contributed by atoms with Crippen molar-refractivity contribution < 1.29 is 4.39 Å². The van der Waals surface area contributed by atoms with Crippen LogP contribution in [-0.4, -0.2) is 0 Å². The Morgan fingerprint density at radius 3 is 1.87 bits per heavy atom. The van der Waals surface area contributed by atoms with E-state index in [2.05, 4.69) is 73.7 Å². The quantitative estimate of drug-likeness (QED) is 0.244. The number of halogens is 1. The molecule has 0 amide bonds. The standard InChI is InChI=1S/C30H37F/c1-2-3-8-20-28-23-22-25(24-30(28)31)15-9-4-5-14-21-29(26-16-10-6-11-17-26)27-18-12-7-13-19-27/h6-7,10-13,16-19,22-24,29H,2-5,8-9,14-15,20-21H2,1H3. The molecule has 0 atom stereocenters. The first-order chi connectivity index (χ1) is 15.3. The van der Waals surface area contributed by atoms with Crippen LogP contribution in [0.2, 0.25) is 0 Å². The summed E-state index contributed by atoms with van der Waals surface area (Å²) in [6.45, 7) is 2.18. The number of aryl methyl sites for hydroxylation is 2. The summed E-state index contributed by atoms with van der Waals surface area (Å²) in [7, 11) is 0. The van der Waals surface area contributed by atoms with Crippen LogP contribution in [0.1, 0.15) is 86.5 Å². The molecule has 0 saturated carbocycles. The summed E-state index contributed by atoms with van der Waals surface area (Å²) in [6, 6.07) is 27.6. The molecule has 0 unspecified atom stereocenters. The van der Waals surface area contributed by atoms with Crippen molar-refractivity contribution in [1.82, 2.24) is 0 Å². The summed E-state index contributed by atoms with van der Waals surface area (Å²) in [6.07, 6.45) is 11.2. The highest BCUT2D eigenvalue weighted by atomic mass is 19.1. The zero-order valence-electron chi connectivity index (χ0n) is 19.0. The van der Waals surface area contributed by atoms with Crippen LogP contribution in [0.4, 0.5) is 4.39 Å². The molecule has 0 aliphatic carbocycles. The van der Waals surface area contributed by atoms with Gasteiger partial charge in [0.2, 0.25) is 0 Å². The number of unbranched alkanes of at least 4 members (excludes halogenated alkanes) is 5. The molecule has 0 heterocycles. The van der Waals surface area contributed by atoms with Gasteiger partial charge in [0, 0.05) is 5.92 Å². The monoisotopic (exact) mass is 416 g/mol. The predicted molar refractivity (Wildman–Crippen MR) is 131 cm³/mol. The Labute approximate surface area is 188 Å². The van der Waals surface area contributed by atoms with Gasteiger partial charge in [-0.3, -0.25) is 0 Å². The predicted octanol–water partition coefficient (Wildman–Crippen LogP) is 8.88.